The summed E-state index contributed by atoms with van der Waals surface area (Å²) in [5.74, 6) is 6.25. The fraction of sp³-hybridized carbons (Fsp3) is 0.308. The van der Waals surface area contributed by atoms with Gasteiger partial charge in [-0.2, -0.15) is 4.31 Å². The van der Waals surface area contributed by atoms with Gasteiger partial charge in [-0.3, -0.25) is 0 Å². The monoisotopic (exact) mass is 419 g/mol. The van der Waals surface area contributed by atoms with Crippen molar-refractivity contribution in [3.05, 3.63) is 88.5 Å². The number of hydrogen-bond donors (Lipinski definition) is 0. The first kappa shape index (κ1) is 22.1. The number of benzene rings is 2. The Morgan fingerprint density at radius 3 is 2.30 bits per heavy atom. The van der Waals surface area contributed by atoms with Gasteiger partial charge in [0.05, 0.1) is 4.90 Å². The van der Waals surface area contributed by atoms with Crippen molar-refractivity contribution < 1.29 is 8.42 Å². The van der Waals surface area contributed by atoms with Gasteiger partial charge in [-0.25, -0.2) is 8.42 Å². The first-order valence-electron chi connectivity index (χ1n) is 10.3. The van der Waals surface area contributed by atoms with E-state index in [4.69, 9.17) is 0 Å². The van der Waals surface area contributed by atoms with Crippen LogP contribution in [0.5, 0.6) is 0 Å². The predicted octanol–water partition coefficient (Wildman–Crippen LogP) is 5.48. The van der Waals surface area contributed by atoms with E-state index in [0.29, 0.717) is 24.4 Å². The van der Waals surface area contributed by atoms with Crippen LogP contribution in [0, 0.1) is 18.8 Å². The molecule has 0 saturated carbocycles. The zero-order valence-corrected chi connectivity index (χ0v) is 18.8. The Kier molecular flexibility index (Phi) is 7.31. The van der Waals surface area contributed by atoms with E-state index in [2.05, 4.69) is 31.8 Å². The van der Waals surface area contributed by atoms with Crippen LogP contribution in [0.25, 0.3) is 0 Å². The van der Waals surface area contributed by atoms with Crippen molar-refractivity contribution >= 4 is 10.0 Å². The third kappa shape index (κ3) is 5.72. The third-order valence-electron chi connectivity index (χ3n) is 5.45. The molecule has 156 valence electrons. The van der Waals surface area contributed by atoms with Gasteiger partial charge in [0.1, 0.15) is 0 Å². The number of rotatable bonds is 6. The van der Waals surface area contributed by atoms with Crippen LogP contribution in [0.2, 0.25) is 0 Å². The van der Waals surface area contributed by atoms with Gasteiger partial charge in [0.25, 0.3) is 0 Å². The van der Waals surface area contributed by atoms with E-state index in [1.165, 1.54) is 11.1 Å². The van der Waals surface area contributed by atoms with Gasteiger partial charge >= 0.3 is 0 Å². The molecule has 0 saturated heterocycles. The quantitative estimate of drug-likeness (QED) is 0.459. The minimum Gasteiger partial charge on any atom is -0.207 e. The normalized spacial score (nSPS) is 14.3. The molecule has 0 aliphatic heterocycles. The summed E-state index contributed by atoms with van der Waals surface area (Å²) >= 11 is 0. The van der Waals surface area contributed by atoms with E-state index in [-0.39, 0.29) is 0 Å². The van der Waals surface area contributed by atoms with Gasteiger partial charge in [-0.15, -0.1) is 0 Å². The maximum atomic E-state index is 13.4. The van der Waals surface area contributed by atoms with E-state index in [1.54, 1.807) is 16.4 Å². The summed E-state index contributed by atoms with van der Waals surface area (Å²) in [6, 6.07) is 16.8. The highest BCUT2D eigenvalue weighted by atomic mass is 32.2. The van der Waals surface area contributed by atoms with Crippen LogP contribution in [0.1, 0.15) is 44.2 Å². The Labute approximate surface area is 181 Å². The molecule has 2 aromatic carbocycles. The maximum Gasteiger partial charge on any atom is 0.243 e. The lowest BCUT2D eigenvalue weighted by atomic mass is 9.93. The standard InChI is InChI=1S/C26H29NO2S/c1-21-12-16-26(17-13-21)30(28,29)27(20-25-15-14-22(2)23(3)19-25)18-8-7-11-24-9-5-4-6-10-24/h4-6,9-10,12-13,15-17H,8,14,18-20H2,1-3H3. The summed E-state index contributed by atoms with van der Waals surface area (Å²) in [5, 5.41) is 0. The lowest BCUT2D eigenvalue weighted by Gasteiger charge is -2.25. The van der Waals surface area contributed by atoms with Gasteiger partial charge in [-0.1, -0.05) is 70.5 Å². The molecule has 0 fully saturated rings. The lowest BCUT2D eigenvalue weighted by Crippen LogP contribution is -2.34. The van der Waals surface area contributed by atoms with Crippen molar-refractivity contribution in [2.24, 2.45) is 0 Å². The first-order valence-corrected chi connectivity index (χ1v) is 11.7. The van der Waals surface area contributed by atoms with Gasteiger partial charge in [0.2, 0.25) is 10.0 Å². The molecule has 0 N–H and O–H groups in total. The zero-order valence-electron chi connectivity index (χ0n) is 18.0. The molecule has 0 heterocycles. The van der Waals surface area contributed by atoms with Crippen molar-refractivity contribution in [3.63, 3.8) is 0 Å². The van der Waals surface area contributed by atoms with E-state index in [0.717, 1.165) is 29.5 Å². The highest BCUT2D eigenvalue weighted by molar-refractivity contribution is 7.89. The van der Waals surface area contributed by atoms with E-state index in [9.17, 15) is 8.42 Å². The average molecular weight is 420 g/mol. The van der Waals surface area contributed by atoms with Gasteiger partial charge in [0, 0.05) is 25.1 Å². The molecule has 1 aliphatic carbocycles. The molecule has 0 spiro atoms. The molecular formula is C26H29NO2S. The smallest absolute Gasteiger partial charge is 0.207 e. The van der Waals surface area contributed by atoms with Gasteiger partial charge in [0.15, 0.2) is 0 Å². The van der Waals surface area contributed by atoms with Crippen LogP contribution in [0.4, 0.5) is 0 Å². The number of nitrogens with zero attached hydrogens (tertiary/aromatic N) is 1. The molecule has 0 atom stereocenters. The van der Waals surface area contributed by atoms with Crippen molar-refractivity contribution in [3.8, 4) is 11.8 Å². The summed E-state index contributed by atoms with van der Waals surface area (Å²) in [6.45, 7) is 7.01. The van der Waals surface area contributed by atoms with Crippen molar-refractivity contribution in [2.45, 2.75) is 44.9 Å². The number of aryl methyl sites for hydroxylation is 1. The molecule has 2 aromatic rings. The minimum absolute atomic E-state index is 0.337. The Morgan fingerprint density at radius 2 is 1.63 bits per heavy atom. The van der Waals surface area contributed by atoms with Crippen molar-refractivity contribution in [2.75, 3.05) is 13.1 Å². The summed E-state index contributed by atoms with van der Waals surface area (Å²) in [7, 11) is -3.58. The minimum atomic E-state index is -3.58. The molecule has 0 bridgehead atoms. The summed E-state index contributed by atoms with van der Waals surface area (Å²) < 4.78 is 28.3. The highest BCUT2D eigenvalue weighted by Crippen LogP contribution is 2.26. The lowest BCUT2D eigenvalue weighted by molar-refractivity contribution is 0.439. The van der Waals surface area contributed by atoms with Crippen LogP contribution in [0.15, 0.2) is 82.3 Å². The second kappa shape index (κ2) is 9.93. The number of sulfonamides is 1. The second-order valence-electron chi connectivity index (χ2n) is 7.87. The topological polar surface area (TPSA) is 37.4 Å². The van der Waals surface area contributed by atoms with Crippen LogP contribution >= 0.6 is 0 Å². The Hall–Kier alpha value is -2.61. The zero-order chi connectivity index (χ0) is 21.6. The fourth-order valence-corrected chi connectivity index (χ4v) is 4.84. The molecule has 3 rings (SSSR count). The largest absolute Gasteiger partial charge is 0.243 e. The molecule has 0 aromatic heterocycles. The maximum absolute atomic E-state index is 13.4. The molecule has 3 nitrogen and oxygen atoms in total. The molecule has 0 amide bonds. The summed E-state index contributed by atoms with van der Waals surface area (Å²) in [6.07, 6.45) is 4.39. The molecule has 1 aliphatic rings. The van der Waals surface area contributed by atoms with E-state index >= 15 is 0 Å². The molecule has 4 heteroatoms. The van der Waals surface area contributed by atoms with E-state index in [1.807, 2.05) is 49.4 Å². The van der Waals surface area contributed by atoms with Crippen LogP contribution in [0.3, 0.4) is 0 Å². The Balaban J connectivity index is 1.79. The summed E-state index contributed by atoms with van der Waals surface area (Å²) in [5.41, 5.74) is 5.85. The molecule has 0 radical (unpaired) electrons. The molecule has 0 unspecified atom stereocenters. The van der Waals surface area contributed by atoms with Crippen molar-refractivity contribution in [1.29, 1.82) is 0 Å². The Bertz CT molecular complexity index is 1100. The SMILES string of the molecule is CC1=C(C)CC(CN(CCC#Cc2ccccc2)S(=O)(=O)c2ccc(C)cc2)=CC1. The molecular weight excluding hydrogens is 390 g/mol. The average Bonchev–Trinajstić information content (AvgIpc) is 2.74. The van der Waals surface area contributed by atoms with Crippen molar-refractivity contribution in [1.82, 2.24) is 4.31 Å². The number of allylic oxidation sites excluding steroid dienone is 3. The fourth-order valence-electron chi connectivity index (χ4n) is 3.39. The van der Waals surface area contributed by atoms with Crippen LogP contribution in [-0.2, 0) is 10.0 Å². The highest BCUT2D eigenvalue weighted by Gasteiger charge is 2.25. The third-order valence-corrected chi connectivity index (χ3v) is 7.31. The molecule has 30 heavy (non-hydrogen) atoms. The Morgan fingerprint density at radius 1 is 0.933 bits per heavy atom. The van der Waals surface area contributed by atoms with Gasteiger partial charge in [-0.05, 0) is 57.9 Å². The van der Waals surface area contributed by atoms with E-state index < -0.39 is 10.0 Å². The summed E-state index contributed by atoms with van der Waals surface area (Å²) in [4.78, 5) is 0.337. The van der Waals surface area contributed by atoms with Crippen LogP contribution < -0.4 is 0 Å². The van der Waals surface area contributed by atoms with Gasteiger partial charge < -0.3 is 0 Å². The predicted molar refractivity (Wildman–Crippen MR) is 124 cm³/mol. The first-order chi connectivity index (χ1) is 14.4. The second-order valence-corrected chi connectivity index (χ2v) is 9.81. The number of hydrogen-bond acceptors (Lipinski definition) is 2. The van der Waals surface area contributed by atoms with Crippen LogP contribution in [-0.4, -0.2) is 25.8 Å².